The lowest BCUT2D eigenvalue weighted by Gasteiger charge is -2.40. The molecular formula is C7H8F6O2. The number of alkyl halides is 6. The van der Waals surface area contributed by atoms with E-state index in [1.54, 1.807) is 0 Å². The first-order valence-electron chi connectivity index (χ1n) is 4.00. The maximum atomic E-state index is 12.6. The number of ether oxygens (including phenoxy) is 2. The van der Waals surface area contributed by atoms with Crippen molar-refractivity contribution < 1.29 is 35.8 Å². The molecule has 1 aliphatic heterocycles. The Morgan fingerprint density at radius 2 is 1.73 bits per heavy atom. The third kappa shape index (κ3) is 2.75. The van der Waals surface area contributed by atoms with Gasteiger partial charge in [0, 0.05) is 6.42 Å². The molecule has 0 spiro atoms. The van der Waals surface area contributed by atoms with Crippen LogP contribution in [-0.2, 0) is 9.47 Å². The standard InChI is InChI=1S/C7H8F6O2/c1-5(2-3-14-5)15-7(12,13)4(8)6(9,10)11/h4H,2-3H2,1H3. The largest absolute Gasteiger partial charge is 0.428 e. The fourth-order valence-corrected chi connectivity index (χ4v) is 1.00. The molecule has 1 aliphatic rings. The van der Waals surface area contributed by atoms with E-state index in [1.165, 1.54) is 0 Å². The molecule has 1 heterocycles. The summed E-state index contributed by atoms with van der Waals surface area (Å²) in [5.41, 5.74) is 0. The average molecular weight is 238 g/mol. The van der Waals surface area contributed by atoms with Gasteiger partial charge in [-0.15, -0.1) is 0 Å². The summed E-state index contributed by atoms with van der Waals surface area (Å²) in [6.45, 7) is 1.11. The van der Waals surface area contributed by atoms with Gasteiger partial charge in [-0.2, -0.15) is 22.0 Å². The Hall–Kier alpha value is -0.500. The second-order valence-corrected chi connectivity index (χ2v) is 3.30. The smallest absolute Gasteiger partial charge is 0.350 e. The van der Waals surface area contributed by atoms with E-state index in [1.807, 2.05) is 0 Å². The number of hydrogen-bond donors (Lipinski definition) is 0. The molecule has 1 saturated heterocycles. The highest BCUT2D eigenvalue weighted by atomic mass is 19.4. The Morgan fingerprint density at radius 3 is 2.00 bits per heavy atom. The molecule has 2 nitrogen and oxygen atoms in total. The zero-order valence-electron chi connectivity index (χ0n) is 7.58. The molecule has 0 aliphatic carbocycles. The molecule has 0 amide bonds. The van der Waals surface area contributed by atoms with E-state index in [4.69, 9.17) is 0 Å². The van der Waals surface area contributed by atoms with Crippen molar-refractivity contribution in [2.75, 3.05) is 6.61 Å². The fraction of sp³-hybridized carbons (Fsp3) is 1.00. The zero-order valence-corrected chi connectivity index (χ0v) is 7.58. The first-order chi connectivity index (χ1) is 6.57. The summed E-state index contributed by atoms with van der Waals surface area (Å²) in [5.74, 6) is -1.83. The summed E-state index contributed by atoms with van der Waals surface area (Å²) in [5, 5.41) is 0. The Bertz CT molecular complexity index is 234. The van der Waals surface area contributed by atoms with Crippen molar-refractivity contribution >= 4 is 0 Å². The highest BCUT2D eigenvalue weighted by Crippen LogP contribution is 2.41. The molecular weight excluding hydrogens is 230 g/mol. The zero-order chi connectivity index (χ0) is 11.9. The second-order valence-electron chi connectivity index (χ2n) is 3.30. The summed E-state index contributed by atoms with van der Waals surface area (Å²) < 4.78 is 80.8. The van der Waals surface area contributed by atoms with E-state index in [-0.39, 0.29) is 13.0 Å². The van der Waals surface area contributed by atoms with E-state index in [0.29, 0.717) is 0 Å². The lowest BCUT2D eigenvalue weighted by molar-refractivity contribution is -0.430. The van der Waals surface area contributed by atoms with Crippen LogP contribution in [0.4, 0.5) is 26.3 Å². The topological polar surface area (TPSA) is 18.5 Å². The molecule has 0 saturated carbocycles. The van der Waals surface area contributed by atoms with E-state index < -0.39 is 24.2 Å². The minimum atomic E-state index is -5.66. The van der Waals surface area contributed by atoms with Crippen molar-refractivity contribution in [1.82, 2.24) is 0 Å². The van der Waals surface area contributed by atoms with Crippen LogP contribution in [0.5, 0.6) is 0 Å². The van der Waals surface area contributed by atoms with E-state index in [0.717, 1.165) is 6.92 Å². The quantitative estimate of drug-likeness (QED) is 0.703. The lowest BCUT2D eigenvalue weighted by Crippen LogP contribution is -2.53. The second kappa shape index (κ2) is 3.51. The first kappa shape index (κ1) is 12.6. The normalized spacial score (nSPS) is 29.8. The number of halogens is 6. The highest BCUT2D eigenvalue weighted by molar-refractivity contribution is 4.81. The van der Waals surface area contributed by atoms with Gasteiger partial charge in [0.1, 0.15) is 0 Å². The van der Waals surface area contributed by atoms with Gasteiger partial charge in [-0.05, 0) is 6.92 Å². The maximum Gasteiger partial charge on any atom is 0.428 e. The molecule has 0 aromatic carbocycles. The van der Waals surface area contributed by atoms with Crippen LogP contribution in [0.25, 0.3) is 0 Å². The highest BCUT2D eigenvalue weighted by Gasteiger charge is 2.61. The molecule has 1 rings (SSSR count). The summed E-state index contributed by atoms with van der Waals surface area (Å²) in [6, 6.07) is 0. The Morgan fingerprint density at radius 1 is 1.27 bits per heavy atom. The summed E-state index contributed by atoms with van der Waals surface area (Å²) in [4.78, 5) is 0. The van der Waals surface area contributed by atoms with Gasteiger partial charge >= 0.3 is 12.3 Å². The summed E-state index contributed by atoms with van der Waals surface area (Å²) in [6.07, 6.45) is -15.0. The van der Waals surface area contributed by atoms with Crippen LogP contribution < -0.4 is 0 Å². The van der Waals surface area contributed by atoms with Crippen molar-refractivity contribution in [1.29, 1.82) is 0 Å². The van der Waals surface area contributed by atoms with Crippen LogP contribution in [0.3, 0.4) is 0 Å². The van der Waals surface area contributed by atoms with Crippen LogP contribution in [0, 0.1) is 0 Å². The average Bonchev–Trinajstić information content (AvgIpc) is 1.97. The Balaban J connectivity index is 2.65. The molecule has 0 aromatic rings. The Labute approximate surface area is 81.1 Å². The van der Waals surface area contributed by atoms with Gasteiger partial charge < -0.3 is 4.74 Å². The van der Waals surface area contributed by atoms with Gasteiger partial charge in [-0.25, -0.2) is 4.39 Å². The summed E-state index contributed by atoms with van der Waals surface area (Å²) >= 11 is 0. The number of rotatable bonds is 3. The molecule has 8 heteroatoms. The van der Waals surface area contributed by atoms with Crippen molar-refractivity contribution in [2.24, 2.45) is 0 Å². The minimum Gasteiger partial charge on any atom is -0.350 e. The van der Waals surface area contributed by atoms with Crippen molar-refractivity contribution in [3.05, 3.63) is 0 Å². The van der Waals surface area contributed by atoms with Gasteiger partial charge in [0.05, 0.1) is 6.61 Å². The minimum absolute atomic E-state index is 0.00678. The van der Waals surface area contributed by atoms with Crippen LogP contribution in [-0.4, -0.2) is 30.9 Å². The van der Waals surface area contributed by atoms with Crippen LogP contribution in [0.2, 0.25) is 0 Å². The molecule has 0 bridgehead atoms. The van der Waals surface area contributed by atoms with E-state index in [2.05, 4.69) is 9.47 Å². The predicted molar refractivity (Wildman–Crippen MR) is 36.0 cm³/mol. The third-order valence-electron chi connectivity index (χ3n) is 1.90. The SMILES string of the molecule is CC1(OC(F)(F)C(F)C(F)(F)F)CCO1. The molecule has 1 fully saturated rings. The lowest BCUT2D eigenvalue weighted by atomic mass is 10.1. The third-order valence-corrected chi connectivity index (χ3v) is 1.90. The molecule has 0 N–H and O–H groups in total. The van der Waals surface area contributed by atoms with Crippen LogP contribution in [0.1, 0.15) is 13.3 Å². The first-order valence-corrected chi connectivity index (χ1v) is 4.00. The van der Waals surface area contributed by atoms with Gasteiger partial charge in [0.25, 0.3) is 6.17 Å². The van der Waals surface area contributed by atoms with E-state index in [9.17, 15) is 26.3 Å². The van der Waals surface area contributed by atoms with E-state index >= 15 is 0 Å². The Kier molecular flexibility index (Phi) is 2.94. The van der Waals surface area contributed by atoms with Gasteiger partial charge in [-0.1, -0.05) is 0 Å². The molecule has 2 atom stereocenters. The van der Waals surface area contributed by atoms with Gasteiger partial charge in [0.2, 0.25) is 0 Å². The fourth-order valence-electron chi connectivity index (χ4n) is 1.00. The van der Waals surface area contributed by atoms with Gasteiger partial charge in [0.15, 0.2) is 5.79 Å². The molecule has 90 valence electrons. The summed E-state index contributed by atoms with van der Waals surface area (Å²) in [7, 11) is 0. The molecule has 2 unspecified atom stereocenters. The molecule has 0 radical (unpaired) electrons. The monoisotopic (exact) mass is 238 g/mol. The van der Waals surface area contributed by atoms with Gasteiger partial charge in [-0.3, -0.25) is 4.74 Å². The number of hydrogen-bond acceptors (Lipinski definition) is 2. The molecule has 15 heavy (non-hydrogen) atoms. The van der Waals surface area contributed by atoms with Crippen molar-refractivity contribution in [3.8, 4) is 0 Å². The maximum absolute atomic E-state index is 12.6. The van der Waals surface area contributed by atoms with Crippen molar-refractivity contribution in [2.45, 2.75) is 37.6 Å². The van der Waals surface area contributed by atoms with Crippen LogP contribution >= 0.6 is 0 Å². The van der Waals surface area contributed by atoms with Crippen LogP contribution in [0.15, 0.2) is 0 Å². The molecule has 0 aromatic heterocycles. The van der Waals surface area contributed by atoms with Crippen molar-refractivity contribution in [3.63, 3.8) is 0 Å². The predicted octanol–water partition coefficient (Wildman–Crippen LogP) is 2.63.